The second-order valence-electron chi connectivity index (χ2n) is 5.45. The zero-order valence-electron chi connectivity index (χ0n) is 14.3. The third-order valence-electron chi connectivity index (χ3n) is 3.64. The van der Waals surface area contributed by atoms with Crippen LogP contribution in [0.2, 0.25) is 5.02 Å². The normalized spacial score (nSPS) is 10.9. The van der Waals surface area contributed by atoms with Crippen LogP contribution < -0.4 is 10.1 Å². The quantitative estimate of drug-likeness (QED) is 0.486. The highest BCUT2D eigenvalue weighted by atomic mass is 35.5. The minimum atomic E-state index is -0.515. The van der Waals surface area contributed by atoms with Gasteiger partial charge in [0.1, 0.15) is 17.4 Å². The summed E-state index contributed by atoms with van der Waals surface area (Å²) < 4.78 is 5.21. The Balaban J connectivity index is 1.76. The van der Waals surface area contributed by atoms with E-state index in [0.717, 1.165) is 17.0 Å². The minimum Gasteiger partial charge on any atom is -0.497 e. The molecule has 0 aliphatic heterocycles. The monoisotopic (exact) mass is 395 g/mol. The average Bonchev–Trinajstić information content (AvgIpc) is 3.16. The summed E-state index contributed by atoms with van der Waals surface area (Å²) in [6.45, 7) is 0. The van der Waals surface area contributed by atoms with E-state index >= 15 is 0 Å². The summed E-state index contributed by atoms with van der Waals surface area (Å²) in [7, 11) is 1.60. The Hall–Kier alpha value is -3.14. The molecule has 134 valence electrons. The second kappa shape index (κ2) is 8.49. The second-order valence-corrected chi connectivity index (χ2v) is 6.74. The van der Waals surface area contributed by atoms with Gasteiger partial charge >= 0.3 is 0 Å². The van der Waals surface area contributed by atoms with Gasteiger partial charge in [-0.15, -0.1) is 11.3 Å². The Morgan fingerprint density at radius 3 is 2.78 bits per heavy atom. The summed E-state index contributed by atoms with van der Waals surface area (Å²) in [5.41, 5.74) is 2.29. The van der Waals surface area contributed by atoms with E-state index in [-0.39, 0.29) is 5.57 Å². The van der Waals surface area contributed by atoms with Crippen molar-refractivity contribution in [2.45, 2.75) is 0 Å². The fourth-order valence-electron chi connectivity index (χ4n) is 2.28. The molecule has 0 saturated carbocycles. The van der Waals surface area contributed by atoms with Crippen LogP contribution in [0.25, 0.3) is 17.3 Å². The van der Waals surface area contributed by atoms with Crippen molar-refractivity contribution in [3.8, 4) is 23.1 Å². The molecule has 7 heteroatoms. The lowest BCUT2D eigenvalue weighted by molar-refractivity contribution is -0.112. The first-order valence-corrected chi connectivity index (χ1v) is 9.13. The Kier molecular flexibility index (Phi) is 5.87. The summed E-state index contributed by atoms with van der Waals surface area (Å²) in [5.74, 6) is 0.211. The lowest BCUT2D eigenvalue weighted by Gasteiger charge is -2.02. The standard InChI is InChI=1S/C20H14ClN3O2S/c1-26-17-4-2-3-14(10-17)18-12-27-20(23-18)24-19(25)15(11-22)9-13-5-7-16(21)8-6-13/h2-10,12H,1H3,(H,23,24,25). The molecule has 0 radical (unpaired) electrons. The number of carbonyl (C=O) groups excluding carboxylic acids is 1. The molecule has 1 aromatic heterocycles. The number of thiazole rings is 1. The number of ether oxygens (including phenoxy) is 1. The molecule has 1 amide bonds. The molecular weight excluding hydrogens is 382 g/mol. The predicted octanol–water partition coefficient (Wildman–Crippen LogP) is 5.02. The molecule has 0 unspecified atom stereocenters. The number of rotatable bonds is 5. The van der Waals surface area contributed by atoms with Crippen molar-refractivity contribution in [1.29, 1.82) is 5.26 Å². The number of amides is 1. The molecular formula is C20H14ClN3O2S. The third kappa shape index (κ3) is 4.73. The average molecular weight is 396 g/mol. The van der Waals surface area contributed by atoms with E-state index in [1.807, 2.05) is 35.7 Å². The maximum atomic E-state index is 12.4. The minimum absolute atomic E-state index is 0.0181. The number of nitrogens with one attached hydrogen (secondary N) is 1. The Morgan fingerprint density at radius 2 is 2.07 bits per heavy atom. The number of halogens is 1. The molecule has 0 bridgehead atoms. The lowest BCUT2D eigenvalue weighted by atomic mass is 10.1. The van der Waals surface area contributed by atoms with Crippen LogP contribution in [0.1, 0.15) is 5.56 Å². The van der Waals surface area contributed by atoms with Gasteiger partial charge in [-0.05, 0) is 35.9 Å². The van der Waals surface area contributed by atoms with E-state index in [0.29, 0.717) is 15.7 Å². The van der Waals surface area contributed by atoms with Crippen molar-refractivity contribution >= 4 is 40.1 Å². The predicted molar refractivity (Wildman–Crippen MR) is 108 cm³/mol. The van der Waals surface area contributed by atoms with Crippen LogP contribution in [0.4, 0.5) is 5.13 Å². The number of carbonyl (C=O) groups is 1. The lowest BCUT2D eigenvalue weighted by Crippen LogP contribution is -2.13. The number of anilines is 1. The summed E-state index contributed by atoms with van der Waals surface area (Å²) >= 11 is 7.13. The fourth-order valence-corrected chi connectivity index (χ4v) is 3.13. The van der Waals surface area contributed by atoms with Gasteiger partial charge in [-0.1, -0.05) is 35.9 Å². The number of hydrogen-bond acceptors (Lipinski definition) is 5. The van der Waals surface area contributed by atoms with E-state index in [2.05, 4.69) is 10.3 Å². The van der Waals surface area contributed by atoms with Gasteiger partial charge in [0.25, 0.3) is 5.91 Å². The zero-order valence-corrected chi connectivity index (χ0v) is 15.8. The number of methoxy groups -OCH3 is 1. The Morgan fingerprint density at radius 1 is 1.30 bits per heavy atom. The summed E-state index contributed by atoms with van der Waals surface area (Å²) in [6, 6.07) is 16.3. The van der Waals surface area contributed by atoms with Crippen molar-refractivity contribution in [2.24, 2.45) is 0 Å². The van der Waals surface area contributed by atoms with E-state index < -0.39 is 5.91 Å². The van der Waals surface area contributed by atoms with Crippen molar-refractivity contribution in [2.75, 3.05) is 12.4 Å². The number of benzene rings is 2. The van der Waals surface area contributed by atoms with Gasteiger partial charge in [-0.3, -0.25) is 10.1 Å². The molecule has 3 aromatic rings. The first kappa shape index (κ1) is 18.6. The molecule has 0 spiro atoms. The maximum Gasteiger partial charge on any atom is 0.268 e. The molecule has 27 heavy (non-hydrogen) atoms. The van der Waals surface area contributed by atoms with Crippen LogP contribution in [-0.4, -0.2) is 18.0 Å². The van der Waals surface area contributed by atoms with E-state index in [4.69, 9.17) is 16.3 Å². The topological polar surface area (TPSA) is 75.0 Å². The molecule has 1 heterocycles. The maximum absolute atomic E-state index is 12.4. The molecule has 0 aliphatic rings. The van der Waals surface area contributed by atoms with Crippen LogP contribution in [0.5, 0.6) is 5.75 Å². The van der Waals surface area contributed by atoms with Crippen molar-refractivity contribution < 1.29 is 9.53 Å². The largest absolute Gasteiger partial charge is 0.497 e. The molecule has 0 atom stereocenters. The summed E-state index contributed by atoms with van der Waals surface area (Å²) in [5, 5.41) is 14.8. The van der Waals surface area contributed by atoms with Crippen molar-refractivity contribution in [3.63, 3.8) is 0 Å². The summed E-state index contributed by atoms with van der Waals surface area (Å²) in [6.07, 6.45) is 1.50. The zero-order chi connectivity index (χ0) is 19.2. The van der Waals surface area contributed by atoms with Crippen LogP contribution in [0, 0.1) is 11.3 Å². The molecule has 5 nitrogen and oxygen atoms in total. The fraction of sp³-hybridized carbons (Fsp3) is 0.0500. The molecule has 0 saturated heterocycles. The highest BCUT2D eigenvalue weighted by Gasteiger charge is 2.13. The van der Waals surface area contributed by atoms with Gasteiger partial charge < -0.3 is 4.74 Å². The van der Waals surface area contributed by atoms with Gasteiger partial charge in [0.15, 0.2) is 5.13 Å². The van der Waals surface area contributed by atoms with Crippen LogP contribution in [-0.2, 0) is 4.79 Å². The molecule has 0 fully saturated rings. The summed E-state index contributed by atoms with van der Waals surface area (Å²) in [4.78, 5) is 16.8. The van der Waals surface area contributed by atoms with Gasteiger partial charge in [0.2, 0.25) is 0 Å². The van der Waals surface area contributed by atoms with Gasteiger partial charge in [0, 0.05) is 16.0 Å². The molecule has 1 N–H and O–H groups in total. The van der Waals surface area contributed by atoms with Crippen molar-refractivity contribution in [1.82, 2.24) is 4.98 Å². The number of aromatic nitrogens is 1. The Bertz CT molecular complexity index is 1040. The van der Waals surface area contributed by atoms with E-state index in [1.54, 1.807) is 31.4 Å². The van der Waals surface area contributed by atoms with Gasteiger partial charge in [-0.25, -0.2) is 4.98 Å². The SMILES string of the molecule is COc1cccc(-c2csc(NC(=O)C(C#N)=Cc3ccc(Cl)cc3)n2)c1. The first-order chi connectivity index (χ1) is 13.1. The molecule has 0 aliphatic carbocycles. The third-order valence-corrected chi connectivity index (χ3v) is 4.65. The molecule has 3 rings (SSSR count). The number of nitriles is 1. The Labute approximate surface area is 165 Å². The van der Waals surface area contributed by atoms with E-state index in [9.17, 15) is 10.1 Å². The first-order valence-electron chi connectivity index (χ1n) is 7.87. The van der Waals surface area contributed by atoms with Crippen LogP contribution in [0.15, 0.2) is 59.5 Å². The highest BCUT2D eigenvalue weighted by Crippen LogP contribution is 2.27. The van der Waals surface area contributed by atoms with E-state index in [1.165, 1.54) is 17.4 Å². The number of hydrogen-bond donors (Lipinski definition) is 1. The van der Waals surface area contributed by atoms with Crippen LogP contribution in [0.3, 0.4) is 0 Å². The highest BCUT2D eigenvalue weighted by molar-refractivity contribution is 7.14. The van der Waals surface area contributed by atoms with Crippen LogP contribution >= 0.6 is 22.9 Å². The molecule has 2 aromatic carbocycles. The van der Waals surface area contributed by atoms with Gasteiger partial charge in [0.05, 0.1) is 12.8 Å². The smallest absolute Gasteiger partial charge is 0.268 e. The number of nitrogens with zero attached hydrogens (tertiary/aromatic N) is 2. The van der Waals surface area contributed by atoms with Gasteiger partial charge in [-0.2, -0.15) is 5.26 Å². The van der Waals surface area contributed by atoms with Crippen molar-refractivity contribution in [3.05, 3.63) is 70.1 Å².